The summed E-state index contributed by atoms with van der Waals surface area (Å²) < 4.78 is 8.67. The summed E-state index contributed by atoms with van der Waals surface area (Å²) in [5.41, 5.74) is 3.05. The zero-order valence-corrected chi connectivity index (χ0v) is 11.6. The number of rotatable bonds is 4. The van der Waals surface area contributed by atoms with Gasteiger partial charge in [-0.1, -0.05) is 42.1 Å². The molecule has 0 aliphatic carbocycles. The lowest BCUT2D eigenvalue weighted by Gasteiger charge is -2.01. The Bertz CT molecular complexity index is 640. The molecule has 0 saturated heterocycles. The fourth-order valence-corrected chi connectivity index (χ4v) is 3.24. The fraction of sp³-hybridized carbons (Fsp3) is 0.0769. The Balaban J connectivity index is 1.78. The third-order valence-corrected chi connectivity index (χ3v) is 4.19. The SMILES string of the molecule is c1ccc(CSc2nsnc2-c2cncnc2)cc1. The van der Waals surface area contributed by atoms with E-state index in [1.54, 1.807) is 24.2 Å². The minimum absolute atomic E-state index is 0.867. The van der Waals surface area contributed by atoms with Crippen LogP contribution in [0.15, 0.2) is 54.1 Å². The number of benzene rings is 1. The van der Waals surface area contributed by atoms with Crippen LogP contribution in [0.2, 0.25) is 0 Å². The Kier molecular flexibility index (Phi) is 3.81. The minimum atomic E-state index is 0.867. The van der Waals surface area contributed by atoms with Crippen molar-refractivity contribution < 1.29 is 0 Å². The molecule has 0 radical (unpaired) electrons. The van der Waals surface area contributed by atoms with Gasteiger partial charge in [0.15, 0.2) is 0 Å². The molecule has 3 aromatic rings. The van der Waals surface area contributed by atoms with Crippen molar-refractivity contribution in [3.63, 3.8) is 0 Å². The smallest absolute Gasteiger partial charge is 0.138 e. The van der Waals surface area contributed by atoms with Crippen molar-refractivity contribution >= 4 is 23.5 Å². The normalized spacial score (nSPS) is 10.5. The maximum atomic E-state index is 4.35. The summed E-state index contributed by atoms with van der Waals surface area (Å²) in [6.45, 7) is 0. The lowest BCUT2D eigenvalue weighted by atomic mass is 10.2. The molecule has 4 nitrogen and oxygen atoms in total. The minimum Gasteiger partial charge on any atom is -0.244 e. The number of aromatic nitrogens is 4. The predicted octanol–water partition coefficient (Wildman–Crippen LogP) is 3.29. The van der Waals surface area contributed by atoms with Crippen LogP contribution in [0.4, 0.5) is 0 Å². The molecule has 0 amide bonds. The van der Waals surface area contributed by atoms with Crippen molar-refractivity contribution in [3.05, 3.63) is 54.6 Å². The summed E-state index contributed by atoms with van der Waals surface area (Å²) in [7, 11) is 0. The Morgan fingerprint density at radius 2 is 1.79 bits per heavy atom. The predicted molar refractivity (Wildman–Crippen MR) is 76.9 cm³/mol. The highest BCUT2D eigenvalue weighted by atomic mass is 32.2. The Hall–Kier alpha value is -1.79. The lowest BCUT2D eigenvalue weighted by molar-refractivity contribution is 1.15. The van der Waals surface area contributed by atoms with Gasteiger partial charge in [0.25, 0.3) is 0 Å². The summed E-state index contributed by atoms with van der Waals surface area (Å²) in [5, 5.41) is 0.934. The van der Waals surface area contributed by atoms with Crippen molar-refractivity contribution in [2.24, 2.45) is 0 Å². The van der Waals surface area contributed by atoms with E-state index in [0.717, 1.165) is 22.0 Å². The molecule has 0 spiro atoms. The third-order valence-electron chi connectivity index (χ3n) is 2.51. The first-order chi connectivity index (χ1) is 9.43. The highest BCUT2D eigenvalue weighted by Gasteiger charge is 2.11. The van der Waals surface area contributed by atoms with Gasteiger partial charge < -0.3 is 0 Å². The van der Waals surface area contributed by atoms with Crippen LogP contribution in [0.3, 0.4) is 0 Å². The molecule has 0 aliphatic rings. The van der Waals surface area contributed by atoms with Crippen molar-refractivity contribution in [1.82, 2.24) is 18.7 Å². The van der Waals surface area contributed by atoms with Crippen LogP contribution in [0, 0.1) is 0 Å². The number of hydrogen-bond acceptors (Lipinski definition) is 6. The van der Waals surface area contributed by atoms with Gasteiger partial charge in [-0.3, -0.25) is 0 Å². The van der Waals surface area contributed by atoms with E-state index in [2.05, 4.69) is 30.8 Å². The molecule has 0 aliphatic heterocycles. The van der Waals surface area contributed by atoms with Crippen LogP contribution in [0.1, 0.15) is 5.56 Å². The fourth-order valence-electron chi connectivity index (χ4n) is 1.60. The summed E-state index contributed by atoms with van der Waals surface area (Å²) in [4.78, 5) is 8.03. The third kappa shape index (κ3) is 2.97. The molecule has 0 saturated carbocycles. The van der Waals surface area contributed by atoms with E-state index in [0.29, 0.717) is 0 Å². The van der Waals surface area contributed by atoms with E-state index in [1.165, 1.54) is 23.6 Å². The lowest BCUT2D eigenvalue weighted by Crippen LogP contribution is -1.85. The van der Waals surface area contributed by atoms with Crippen molar-refractivity contribution in [3.8, 4) is 11.3 Å². The van der Waals surface area contributed by atoms with Crippen molar-refractivity contribution in [1.29, 1.82) is 0 Å². The van der Waals surface area contributed by atoms with Gasteiger partial charge in [0, 0.05) is 23.7 Å². The van der Waals surface area contributed by atoms with Crippen LogP contribution >= 0.6 is 23.5 Å². The summed E-state index contributed by atoms with van der Waals surface area (Å²) in [6, 6.07) is 10.3. The average molecular weight is 286 g/mol. The van der Waals surface area contributed by atoms with E-state index in [-0.39, 0.29) is 0 Å². The van der Waals surface area contributed by atoms with E-state index < -0.39 is 0 Å². The van der Waals surface area contributed by atoms with Crippen molar-refractivity contribution in [2.75, 3.05) is 0 Å². The Morgan fingerprint density at radius 3 is 2.58 bits per heavy atom. The molecular weight excluding hydrogens is 276 g/mol. The van der Waals surface area contributed by atoms with E-state index >= 15 is 0 Å². The van der Waals surface area contributed by atoms with Crippen molar-refractivity contribution in [2.45, 2.75) is 10.8 Å². The molecule has 0 N–H and O–H groups in total. The molecule has 6 heteroatoms. The molecular formula is C13H10N4S2. The van der Waals surface area contributed by atoms with E-state index in [9.17, 15) is 0 Å². The monoisotopic (exact) mass is 286 g/mol. The second-order valence-electron chi connectivity index (χ2n) is 3.82. The zero-order valence-electron chi connectivity index (χ0n) is 9.93. The zero-order chi connectivity index (χ0) is 12.9. The van der Waals surface area contributed by atoms with E-state index in [1.807, 2.05) is 18.2 Å². The second kappa shape index (κ2) is 5.90. The van der Waals surface area contributed by atoms with E-state index in [4.69, 9.17) is 0 Å². The first-order valence-corrected chi connectivity index (χ1v) is 7.40. The summed E-state index contributed by atoms with van der Waals surface area (Å²) in [6.07, 6.45) is 5.03. The van der Waals surface area contributed by atoms with Gasteiger partial charge in [-0.25, -0.2) is 9.97 Å². The molecule has 3 rings (SSSR count). The summed E-state index contributed by atoms with van der Waals surface area (Å²) in [5.74, 6) is 0.882. The number of hydrogen-bond donors (Lipinski definition) is 0. The maximum absolute atomic E-state index is 4.35. The molecule has 0 atom stereocenters. The Labute approximate surface area is 119 Å². The quantitative estimate of drug-likeness (QED) is 0.689. The average Bonchev–Trinajstić information content (AvgIpc) is 2.95. The molecule has 19 heavy (non-hydrogen) atoms. The first-order valence-electron chi connectivity index (χ1n) is 5.68. The standard InChI is InChI=1S/C13H10N4S2/c1-2-4-10(5-3-1)8-18-13-12(16-19-17-13)11-6-14-9-15-7-11/h1-7,9H,8H2. The van der Waals surface area contributed by atoms with Gasteiger partial charge in [-0.05, 0) is 5.56 Å². The van der Waals surface area contributed by atoms with Gasteiger partial charge in [0.1, 0.15) is 17.0 Å². The van der Waals surface area contributed by atoms with Gasteiger partial charge in [-0.15, -0.1) is 0 Å². The van der Waals surface area contributed by atoms with Gasteiger partial charge in [0.2, 0.25) is 0 Å². The van der Waals surface area contributed by atoms with Gasteiger partial charge in [-0.2, -0.15) is 8.75 Å². The van der Waals surface area contributed by atoms with Crippen LogP contribution in [-0.2, 0) is 5.75 Å². The molecule has 2 aromatic heterocycles. The summed E-state index contributed by atoms with van der Waals surface area (Å²) >= 11 is 2.90. The molecule has 0 unspecified atom stereocenters. The first kappa shape index (κ1) is 12.3. The molecule has 0 bridgehead atoms. The largest absolute Gasteiger partial charge is 0.244 e. The second-order valence-corrected chi connectivity index (χ2v) is 5.31. The molecule has 1 aromatic carbocycles. The van der Waals surface area contributed by atoms with Crippen LogP contribution in [0.25, 0.3) is 11.3 Å². The number of thioether (sulfide) groups is 1. The highest BCUT2D eigenvalue weighted by molar-refractivity contribution is 7.98. The van der Waals surface area contributed by atoms with Crippen LogP contribution < -0.4 is 0 Å². The Morgan fingerprint density at radius 1 is 1.00 bits per heavy atom. The molecule has 94 valence electrons. The number of nitrogens with zero attached hydrogens (tertiary/aromatic N) is 4. The van der Waals surface area contributed by atoms with Gasteiger partial charge >= 0.3 is 0 Å². The van der Waals surface area contributed by atoms with Crippen LogP contribution in [-0.4, -0.2) is 18.7 Å². The topological polar surface area (TPSA) is 51.6 Å². The highest BCUT2D eigenvalue weighted by Crippen LogP contribution is 2.30. The molecule has 0 fully saturated rings. The van der Waals surface area contributed by atoms with Crippen LogP contribution in [0.5, 0.6) is 0 Å². The maximum Gasteiger partial charge on any atom is 0.138 e. The van der Waals surface area contributed by atoms with Gasteiger partial charge in [0.05, 0.1) is 11.7 Å². The molecule has 2 heterocycles.